The van der Waals surface area contributed by atoms with Gasteiger partial charge >= 0.3 is 0 Å². The van der Waals surface area contributed by atoms with Crippen LogP contribution in [0, 0.1) is 0 Å². The Labute approximate surface area is 82.6 Å². The fourth-order valence-electron chi connectivity index (χ4n) is 1.37. The second-order valence-electron chi connectivity index (χ2n) is 3.00. The molecule has 14 heavy (non-hydrogen) atoms. The predicted octanol–water partition coefficient (Wildman–Crippen LogP) is 1.37. The Hall–Kier alpha value is -1.84. The molecule has 0 saturated carbocycles. The van der Waals surface area contributed by atoms with Crippen molar-refractivity contribution in [3.8, 4) is 0 Å². The van der Waals surface area contributed by atoms with Crippen molar-refractivity contribution in [1.29, 1.82) is 0 Å². The van der Waals surface area contributed by atoms with Crippen LogP contribution in [0.25, 0.3) is 0 Å². The average Bonchev–Trinajstić information content (AvgIpc) is 2.71. The number of aromatic nitrogens is 3. The molecule has 0 fully saturated rings. The molecule has 4 heteroatoms. The molecule has 1 N–H and O–H groups in total. The number of hydrogen-bond donors (Lipinski definition) is 1. The highest BCUT2D eigenvalue weighted by molar-refractivity contribution is 5.42. The summed E-state index contributed by atoms with van der Waals surface area (Å²) in [7, 11) is 1.87. The molecule has 2 rings (SSSR count). The van der Waals surface area contributed by atoms with Gasteiger partial charge in [0.2, 0.25) is 0 Å². The van der Waals surface area contributed by atoms with Crippen molar-refractivity contribution in [2.24, 2.45) is 0 Å². The number of rotatable bonds is 3. The Morgan fingerprint density at radius 2 is 2.36 bits per heavy atom. The van der Waals surface area contributed by atoms with E-state index in [0.717, 1.165) is 17.9 Å². The van der Waals surface area contributed by atoms with Crippen LogP contribution in [0.1, 0.15) is 5.56 Å². The molecule has 0 unspecified atom stereocenters. The molecule has 2 heterocycles. The van der Waals surface area contributed by atoms with Crippen LogP contribution in [0.4, 0.5) is 5.82 Å². The van der Waals surface area contributed by atoms with Crippen molar-refractivity contribution >= 4 is 5.82 Å². The number of hydrogen-bond acceptors (Lipinski definition) is 3. The monoisotopic (exact) mass is 188 g/mol. The standard InChI is InChI=1S/C10H12N4/c1-11-10-9(3-2-4-13-10)7-14-6-5-12-8-14/h2-6,8H,7H2,1H3,(H,11,13). The molecule has 4 nitrogen and oxygen atoms in total. The minimum absolute atomic E-state index is 0.796. The zero-order valence-corrected chi connectivity index (χ0v) is 8.01. The van der Waals surface area contributed by atoms with Gasteiger partial charge in [-0.15, -0.1) is 0 Å². The van der Waals surface area contributed by atoms with E-state index in [-0.39, 0.29) is 0 Å². The van der Waals surface area contributed by atoms with Crippen LogP contribution in [-0.4, -0.2) is 21.6 Å². The summed E-state index contributed by atoms with van der Waals surface area (Å²) in [6.07, 6.45) is 7.29. The van der Waals surface area contributed by atoms with E-state index in [1.807, 2.05) is 23.9 Å². The maximum atomic E-state index is 4.23. The molecule has 0 aliphatic rings. The highest BCUT2D eigenvalue weighted by Crippen LogP contribution is 2.11. The lowest BCUT2D eigenvalue weighted by Crippen LogP contribution is -2.02. The van der Waals surface area contributed by atoms with Crippen LogP contribution in [0.5, 0.6) is 0 Å². The third-order valence-corrected chi connectivity index (χ3v) is 2.04. The van der Waals surface area contributed by atoms with Crippen LogP contribution in [-0.2, 0) is 6.54 Å². The van der Waals surface area contributed by atoms with Crippen LogP contribution < -0.4 is 5.32 Å². The fraction of sp³-hybridized carbons (Fsp3) is 0.200. The topological polar surface area (TPSA) is 42.7 Å². The molecule has 0 aliphatic carbocycles. The summed E-state index contributed by atoms with van der Waals surface area (Å²) in [5, 5.41) is 3.06. The molecule has 0 saturated heterocycles. The average molecular weight is 188 g/mol. The Bertz CT molecular complexity index is 394. The van der Waals surface area contributed by atoms with Crippen LogP contribution in [0.3, 0.4) is 0 Å². The third-order valence-electron chi connectivity index (χ3n) is 2.04. The molecular formula is C10H12N4. The van der Waals surface area contributed by atoms with E-state index >= 15 is 0 Å². The van der Waals surface area contributed by atoms with Crippen molar-refractivity contribution in [3.05, 3.63) is 42.6 Å². The number of nitrogens with one attached hydrogen (secondary N) is 1. The minimum atomic E-state index is 0.796. The summed E-state index contributed by atoms with van der Waals surface area (Å²) in [5.41, 5.74) is 1.16. The zero-order valence-electron chi connectivity index (χ0n) is 8.01. The summed E-state index contributed by atoms with van der Waals surface area (Å²) in [5.74, 6) is 0.918. The quantitative estimate of drug-likeness (QED) is 0.791. The van der Waals surface area contributed by atoms with Crippen molar-refractivity contribution in [2.75, 3.05) is 12.4 Å². The number of imidazole rings is 1. The van der Waals surface area contributed by atoms with Gasteiger partial charge in [0.25, 0.3) is 0 Å². The van der Waals surface area contributed by atoms with Gasteiger partial charge in [0, 0.05) is 31.2 Å². The first-order valence-corrected chi connectivity index (χ1v) is 4.47. The second-order valence-corrected chi connectivity index (χ2v) is 3.00. The Balaban J connectivity index is 2.24. The van der Waals surface area contributed by atoms with Crippen molar-refractivity contribution in [1.82, 2.24) is 14.5 Å². The maximum absolute atomic E-state index is 4.23. The third kappa shape index (κ3) is 1.74. The molecule has 0 amide bonds. The number of nitrogens with zero attached hydrogens (tertiary/aromatic N) is 3. The summed E-state index contributed by atoms with van der Waals surface area (Å²) in [4.78, 5) is 8.23. The fourth-order valence-corrected chi connectivity index (χ4v) is 1.37. The Morgan fingerprint density at radius 3 is 3.07 bits per heavy atom. The van der Waals surface area contributed by atoms with Gasteiger partial charge in [-0.05, 0) is 6.07 Å². The maximum Gasteiger partial charge on any atom is 0.130 e. The smallest absolute Gasteiger partial charge is 0.130 e. The van der Waals surface area contributed by atoms with E-state index in [9.17, 15) is 0 Å². The lowest BCUT2D eigenvalue weighted by Gasteiger charge is -2.07. The summed E-state index contributed by atoms with van der Waals surface area (Å²) < 4.78 is 2.01. The molecular weight excluding hydrogens is 176 g/mol. The van der Waals surface area contributed by atoms with Crippen LogP contribution in [0.2, 0.25) is 0 Å². The van der Waals surface area contributed by atoms with E-state index in [2.05, 4.69) is 21.4 Å². The molecule has 0 atom stereocenters. The molecule has 0 aliphatic heterocycles. The highest BCUT2D eigenvalue weighted by Gasteiger charge is 2.00. The van der Waals surface area contributed by atoms with E-state index in [0.29, 0.717) is 0 Å². The normalized spacial score (nSPS) is 10.1. The predicted molar refractivity (Wildman–Crippen MR) is 55.1 cm³/mol. The van der Waals surface area contributed by atoms with Crippen molar-refractivity contribution < 1.29 is 0 Å². The molecule has 0 radical (unpaired) electrons. The summed E-state index contributed by atoms with van der Waals surface area (Å²) >= 11 is 0. The first-order chi connectivity index (χ1) is 6.90. The molecule has 0 bridgehead atoms. The number of anilines is 1. The van der Waals surface area contributed by atoms with E-state index in [4.69, 9.17) is 0 Å². The van der Waals surface area contributed by atoms with Crippen molar-refractivity contribution in [3.63, 3.8) is 0 Å². The van der Waals surface area contributed by atoms with Crippen LogP contribution in [0.15, 0.2) is 37.1 Å². The van der Waals surface area contributed by atoms with E-state index < -0.39 is 0 Å². The minimum Gasteiger partial charge on any atom is -0.373 e. The SMILES string of the molecule is CNc1ncccc1Cn1ccnc1. The Morgan fingerprint density at radius 1 is 1.43 bits per heavy atom. The molecule has 0 spiro atoms. The number of pyridine rings is 1. The molecule has 2 aromatic heterocycles. The highest BCUT2D eigenvalue weighted by atomic mass is 15.0. The van der Waals surface area contributed by atoms with Gasteiger partial charge in [-0.1, -0.05) is 6.07 Å². The molecule has 72 valence electrons. The molecule has 2 aromatic rings. The van der Waals surface area contributed by atoms with E-state index in [1.54, 1.807) is 18.7 Å². The van der Waals surface area contributed by atoms with Gasteiger partial charge in [-0.25, -0.2) is 9.97 Å². The van der Waals surface area contributed by atoms with Gasteiger partial charge in [0.05, 0.1) is 12.9 Å². The van der Waals surface area contributed by atoms with Gasteiger partial charge in [0.15, 0.2) is 0 Å². The van der Waals surface area contributed by atoms with Gasteiger partial charge in [-0.3, -0.25) is 0 Å². The van der Waals surface area contributed by atoms with Gasteiger partial charge in [0.1, 0.15) is 5.82 Å². The largest absolute Gasteiger partial charge is 0.373 e. The van der Waals surface area contributed by atoms with Crippen molar-refractivity contribution in [2.45, 2.75) is 6.54 Å². The summed E-state index contributed by atoms with van der Waals surface area (Å²) in [6.45, 7) is 0.796. The zero-order chi connectivity index (χ0) is 9.80. The van der Waals surface area contributed by atoms with Gasteiger partial charge in [-0.2, -0.15) is 0 Å². The lowest BCUT2D eigenvalue weighted by atomic mass is 10.2. The van der Waals surface area contributed by atoms with Crippen LogP contribution >= 0.6 is 0 Å². The lowest BCUT2D eigenvalue weighted by molar-refractivity contribution is 0.795. The van der Waals surface area contributed by atoms with E-state index in [1.165, 1.54) is 0 Å². The second kappa shape index (κ2) is 3.91. The first kappa shape index (κ1) is 8.74. The Kier molecular flexibility index (Phi) is 2.44. The first-order valence-electron chi connectivity index (χ1n) is 4.47. The summed E-state index contributed by atoms with van der Waals surface area (Å²) in [6, 6.07) is 3.99. The molecule has 0 aromatic carbocycles. The van der Waals surface area contributed by atoms with Gasteiger partial charge < -0.3 is 9.88 Å².